The lowest BCUT2D eigenvalue weighted by molar-refractivity contribution is -0.0840. The lowest BCUT2D eigenvalue weighted by Gasteiger charge is -2.37. The third-order valence-electron chi connectivity index (χ3n) is 4.74. The summed E-state index contributed by atoms with van der Waals surface area (Å²) in [6.45, 7) is 7.36. The maximum absolute atomic E-state index is 12.6. The van der Waals surface area contributed by atoms with Crippen LogP contribution in [0.3, 0.4) is 0 Å². The van der Waals surface area contributed by atoms with E-state index in [-0.39, 0.29) is 18.3 Å². The van der Waals surface area contributed by atoms with Gasteiger partial charge in [0.2, 0.25) is 0 Å². The number of hydrogen-bond acceptors (Lipinski definition) is 5. The number of carbonyl (C=O) groups excluding carboxylic acids is 1. The Kier molecular flexibility index (Phi) is 7.34. The second-order valence-corrected chi connectivity index (χ2v) is 8.33. The van der Waals surface area contributed by atoms with Gasteiger partial charge in [0.15, 0.2) is 6.10 Å². The van der Waals surface area contributed by atoms with Crippen LogP contribution in [-0.4, -0.2) is 49.5 Å². The summed E-state index contributed by atoms with van der Waals surface area (Å²) in [7, 11) is 1.66. The van der Waals surface area contributed by atoms with E-state index in [1.165, 1.54) is 0 Å². The lowest BCUT2D eigenvalue weighted by Crippen LogP contribution is -2.50. The van der Waals surface area contributed by atoms with E-state index < -0.39 is 5.60 Å². The average Bonchev–Trinajstić information content (AvgIpc) is 2.73. The number of nitrogens with zero attached hydrogens (tertiary/aromatic N) is 1. The molecule has 3 rings (SSSR count). The second kappa shape index (κ2) is 9.96. The molecule has 1 fully saturated rings. The molecule has 0 radical (unpaired) electrons. The van der Waals surface area contributed by atoms with E-state index in [1.807, 2.05) is 75.4 Å². The smallest absolute Gasteiger partial charge is 0.410 e. The SMILES string of the molecule is COCc1ccccc1O[C@@H](c1ccccc1)C1CN(C(=O)OC(C)(C)C)CCO1. The number of amides is 1. The van der Waals surface area contributed by atoms with Gasteiger partial charge in [-0.05, 0) is 32.4 Å². The number of para-hydroxylation sites is 1. The Morgan fingerprint density at radius 3 is 2.53 bits per heavy atom. The van der Waals surface area contributed by atoms with E-state index >= 15 is 0 Å². The van der Waals surface area contributed by atoms with Crippen LogP contribution in [0.5, 0.6) is 5.75 Å². The van der Waals surface area contributed by atoms with E-state index in [4.69, 9.17) is 18.9 Å². The van der Waals surface area contributed by atoms with Crippen molar-refractivity contribution in [1.82, 2.24) is 4.90 Å². The molecule has 1 heterocycles. The normalized spacial score (nSPS) is 18.0. The van der Waals surface area contributed by atoms with Crippen LogP contribution in [0.15, 0.2) is 54.6 Å². The van der Waals surface area contributed by atoms with Gasteiger partial charge in [-0.2, -0.15) is 0 Å². The minimum Gasteiger partial charge on any atom is -0.483 e. The molecule has 0 bridgehead atoms. The molecular weight excluding hydrogens is 382 g/mol. The minimum absolute atomic E-state index is 0.329. The molecule has 1 saturated heterocycles. The Morgan fingerprint density at radius 1 is 1.13 bits per heavy atom. The number of morpholine rings is 1. The van der Waals surface area contributed by atoms with Crippen LogP contribution in [0, 0.1) is 0 Å². The van der Waals surface area contributed by atoms with Gasteiger partial charge in [0.25, 0.3) is 0 Å². The van der Waals surface area contributed by atoms with Gasteiger partial charge in [0.1, 0.15) is 17.5 Å². The van der Waals surface area contributed by atoms with E-state index in [0.29, 0.717) is 26.3 Å². The molecule has 0 aromatic heterocycles. The summed E-state index contributed by atoms with van der Waals surface area (Å²) in [6.07, 6.45) is -1.04. The van der Waals surface area contributed by atoms with Gasteiger partial charge in [0, 0.05) is 19.2 Å². The predicted octanol–water partition coefficient (Wildman–Crippen LogP) is 4.59. The summed E-state index contributed by atoms with van der Waals surface area (Å²) in [6, 6.07) is 17.7. The summed E-state index contributed by atoms with van der Waals surface area (Å²) in [5.74, 6) is 0.742. The predicted molar refractivity (Wildman–Crippen MR) is 115 cm³/mol. The molecule has 1 unspecified atom stereocenters. The zero-order valence-electron chi connectivity index (χ0n) is 18.2. The number of benzene rings is 2. The fourth-order valence-corrected chi connectivity index (χ4v) is 3.38. The third-order valence-corrected chi connectivity index (χ3v) is 4.74. The molecule has 2 atom stereocenters. The number of ether oxygens (including phenoxy) is 4. The molecule has 1 aliphatic heterocycles. The van der Waals surface area contributed by atoms with Crippen molar-refractivity contribution >= 4 is 6.09 Å². The second-order valence-electron chi connectivity index (χ2n) is 8.33. The van der Waals surface area contributed by atoms with Crippen molar-refractivity contribution in [3.05, 3.63) is 65.7 Å². The van der Waals surface area contributed by atoms with Gasteiger partial charge in [-0.3, -0.25) is 0 Å². The number of rotatable bonds is 6. The van der Waals surface area contributed by atoms with Crippen molar-refractivity contribution < 1.29 is 23.7 Å². The average molecular weight is 414 g/mol. The standard InChI is InChI=1S/C24H31NO5/c1-24(2,3)30-23(26)25-14-15-28-21(16-25)22(18-10-6-5-7-11-18)29-20-13-9-8-12-19(20)17-27-4/h5-13,21-22H,14-17H2,1-4H3/t21?,22-/m0/s1. The van der Waals surface area contributed by atoms with Crippen molar-refractivity contribution in [2.45, 2.75) is 45.2 Å². The van der Waals surface area contributed by atoms with Crippen LogP contribution in [0.25, 0.3) is 0 Å². The number of carbonyl (C=O) groups is 1. The monoisotopic (exact) mass is 413 g/mol. The van der Waals surface area contributed by atoms with Gasteiger partial charge < -0.3 is 23.8 Å². The minimum atomic E-state index is -0.542. The molecule has 2 aromatic carbocycles. The quantitative estimate of drug-likeness (QED) is 0.693. The highest BCUT2D eigenvalue weighted by molar-refractivity contribution is 5.68. The van der Waals surface area contributed by atoms with E-state index in [1.54, 1.807) is 12.0 Å². The van der Waals surface area contributed by atoms with Crippen molar-refractivity contribution in [1.29, 1.82) is 0 Å². The fraction of sp³-hybridized carbons (Fsp3) is 0.458. The van der Waals surface area contributed by atoms with Gasteiger partial charge in [-0.1, -0.05) is 48.5 Å². The Hall–Kier alpha value is -2.57. The number of methoxy groups -OCH3 is 1. The van der Waals surface area contributed by atoms with Crippen LogP contribution < -0.4 is 4.74 Å². The number of hydrogen-bond donors (Lipinski definition) is 0. The Morgan fingerprint density at radius 2 is 1.83 bits per heavy atom. The first-order valence-electron chi connectivity index (χ1n) is 10.3. The molecule has 1 aliphatic rings. The molecule has 1 amide bonds. The fourth-order valence-electron chi connectivity index (χ4n) is 3.38. The first-order valence-corrected chi connectivity index (χ1v) is 10.3. The highest BCUT2D eigenvalue weighted by Crippen LogP contribution is 2.31. The summed E-state index contributed by atoms with van der Waals surface area (Å²) in [4.78, 5) is 14.3. The third kappa shape index (κ3) is 5.97. The Balaban J connectivity index is 1.83. The van der Waals surface area contributed by atoms with Crippen LogP contribution in [0.4, 0.5) is 4.79 Å². The molecule has 0 spiro atoms. The molecule has 162 valence electrons. The first-order chi connectivity index (χ1) is 14.4. The van der Waals surface area contributed by atoms with Crippen molar-refractivity contribution in [3.63, 3.8) is 0 Å². The lowest BCUT2D eigenvalue weighted by atomic mass is 10.0. The molecule has 2 aromatic rings. The van der Waals surface area contributed by atoms with E-state index in [9.17, 15) is 4.79 Å². The van der Waals surface area contributed by atoms with E-state index in [2.05, 4.69) is 0 Å². The summed E-state index contributed by atoms with van der Waals surface area (Å²) >= 11 is 0. The summed E-state index contributed by atoms with van der Waals surface area (Å²) < 4.78 is 23.4. The van der Waals surface area contributed by atoms with Crippen LogP contribution in [0.1, 0.15) is 38.0 Å². The van der Waals surface area contributed by atoms with Gasteiger partial charge in [-0.25, -0.2) is 4.79 Å². The summed E-state index contributed by atoms with van der Waals surface area (Å²) in [5.41, 5.74) is 1.40. The molecule has 6 heteroatoms. The highest BCUT2D eigenvalue weighted by Gasteiger charge is 2.34. The zero-order valence-corrected chi connectivity index (χ0v) is 18.2. The maximum Gasteiger partial charge on any atom is 0.410 e. The van der Waals surface area contributed by atoms with Gasteiger partial charge in [-0.15, -0.1) is 0 Å². The zero-order chi connectivity index (χ0) is 21.6. The first kappa shape index (κ1) is 22.1. The van der Waals surface area contributed by atoms with Crippen LogP contribution >= 0.6 is 0 Å². The molecular formula is C24H31NO5. The summed E-state index contributed by atoms with van der Waals surface area (Å²) in [5, 5.41) is 0. The van der Waals surface area contributed by atoms with Crippen LogP contribution in [-0.2, 0) is 20.8 Å². The molecule has 0 aliphatic carbocycles. The van der Waals surface area contributed by atoms with Crippen molar-refractivity contribution in [3.8, 4) is 5.75 Å². The topological polar surface area (TPSA) is 57.2 Å². The maximum atomic E-state index is 12.6. The largest absolute Gasteiger partial charge is 0.483 e. The van der Waals surface area contributed by atoms with Crippen LogP contribution in [0.2, 0.25) is 0 Å². The van der Waals surface area contributed by atoms with Crippen molar-refractivity contribution in [2.24, 2.45) is 0 Å². The molecule has 0 saturated carbocycles. The molecule has 30 heavy (non-hydrogen) atoms. The molecule has 6 nitrogen and oxygen atoms in total. The van der Waals surface area contributed by atoms with Gasteiger partial charge >= 0.3 is 6.09 Å². The van der Waals surface area contributed by atoms with Gasteiger partial charge in [0.05, 0.1) is 19.8 Å². The Bertz CT molecular complexity index is 818. The Labute approximate surface area is 178 Å². The molecule has 0 N–H and O–H groups in total. The van der Waals surface area contributed by atoms with Crippen molar-refractivity contribution in [2.75, 3.05) is 26.8 Å². The van der Waals surface area contributed by atoms with E-state index in [0.717, 1.165) is 16.9 Å². The highest BCUT2D eigenvalue weighted by atomic mass is 16.6.